The Kier molecular flexibility index (Phi) is 9.70. The molecule has 0 spiro atoms. The van der Waals surface area contributed by atoms with Crippen LogP contribution in [0.4, 0.5) is 0 Å². The number of hydrogen-bond donors (Lipinski definition) is 2. The Morgan fingerprint density at radius 3 is 2.75 bits per heavy atom. The van der Waals surface area contributed by atoms with Crippen molar-refractivity contribution in [1.82, 2.24) is 15.6 Å². The second-order valence-corrected chi connectivity index (χ2v) is 6.35. The average molecular weight is 460 g/mol. The molecule has 0 amide bonds. The second kappa shape index (κ2) is 11.2. The fourth-order valence-corrected chi connectivity index (χ4v) is 2.92. The van der Waals surface area contributed by atoms with Gasteiger partial charge in [-0.1, -0.05) is 18.2 Å². The summed E-state index contributed by atoms with van der Waals surface area (Å²) in [7, 11) is 1.70. The average Bonchev–Trinajstić information content (AvgIpc) is 2.98. The third-order valence-electron chi connectivity index (χ3n) is 3.29. The van der Waals surface area contributed by atoms with Gasteiger partial charge in [-0.2, -0.15) is 0 Å². The molecule has 0 atom stereocenters. The van der Waals surface area contributed by atoms with E-state index in [9.17, 15) is 0 Å². The molecule has 1 aromatic carbocycles. The smallest absolute Gasteiger partial charge is 0.191 e. The van der Waals surface area contributed by atoms with E-state index in [-0.39, 0.29) is 24.0 Å². The van der Waals surface area contributed by atoms with Crippen LogP contribution in [0.1, 0.15) is 22.4 Å². The SMILES string of the molecule is CCNC(=NCc1cnc(C)s1)NCCc1ccccc1OC.I. The van der Waals surface area contributed by atoms with Gasteiger partial charge in [-0.15, -0.1) is 35.3 Å². The zero-order valence-corrected chi connectivity index (χ0v) is 17.5. The monoisotopic (exact) mass is 460 g/mol. The molecule has 1 heterocycles. The highest BCUT2D eigenvalue weighted by molar-refractivity contribution is 14.0. The van der Waals surface area contributed by atoms with Crippen molar-refractivity contribution in [2.75, 3.05) is 20.2 Å². The first-order valence-electron chi connectivity index (χ1n) is 7.78. The number of methoxy groups -OCH3 is 1. The van der Waals surface area contributed by atoms with E-state index in [1.165, 1.54) is 10.4 Å². The summed E-state index contributed by atoms with van der Waals surface area (Å²) in [4.78, 5) is 10.0. The minimum atomic E-state index is 0. The van der Waals surface area contributed by atoms with Crippen LogP contribution in [0.15, 0.2) is 35.5 Å². The number of nitrogens with zero attached hydrogens (tertiary/aromatic N) is 2. The summed E-state index contributed by atoms with van der Waals surface area (Å²) in [5, 5.41) is 7.70. The largest absolute Gasteiger partial charge is 0.496 e. The summed E-state index contributed by atoms with van der Waals surface area (Å²) in [6.45, 7) is 6.36. The number of aliphatic imine (C=N–C) groups is 1. The van der Waals surface area contributed by atoms with Crippen LogP contribution in [0.5, 0.6) is 5.75 Å². The van der Waals surface area contributed by atoms with Gasteiger partial charge in [-0.25, -0.2) is 9.98 Å². The van der Waals surface area contributed by atoms with Crippen molar-refractivity contribution in [3.8, 4) is 5.75 Å². The number of thiazole rings is 1. The number of ether oxygens (including phenoxy) is 1. The molecule has 0 aliphatic carbocycles. The number of halogens is 1. The van der Waals surface area contributed by atoms with Crippen molar-refractivity contribution >= 4 is 41.3 Å². The van der Waals surface area contributed by atoms with Gasteiger partial charge in [0, 0.05) is 24.2 Å². The van der Waals surface area contributed by atoms with Gasteiger partial charge in [-0.05, 0) is 31.9 Å². The minimum Gasteiger partial charge on any atom is -0.496 e. The molecule has 0 saturated heterocycles. The Hall–Kier alpha value is -1.35. The molecule has 0 fully saturated rings. The number of aryl methyl sites for hydroxylation is 1. The zero-order chi connectivity index (χ0) is 16.5. The summed E-state index contributed by atoms with van der Waals surface area (Å²) >= 11 is 1.68. The van der Waals surface area contributed by atoms with Gasteiger partial charge in [0.25, 0.3) is 0 Å². The van der Waals surface area contributed by atoms with Crippen LogP contribution in [0.3, 0.4) is 0 Å². The third kappa shape index (κ3) is 6.64. The van der Waals surface area contributed by atoms with E-state index < -0.39 is 0 Å². The Bertz CT molecular complexity index is 645. The lowest BCUT2D eigenvalue weighted by Crippen LogP contribution is -2.38. The topological polar surface area (TPSA) is 58.5 Å². The fourth-order valence-electron chi connectivity index (χ4n) is 2.20. The summed E-state index contributed by atoms with van der Waals surface area (Å²) in [5.74, 6) is 1.75. The third-order valence-corrected chi connectivity index (χ3v) is 4.18. The van der Waals surface area contributed by atoms with E-state index in [0.717, 1.165) is 36.2 Å². The van der Waals surface area contributed by atoms with E-state index in [1.54, 1.807) is 18.4 Å². The van der Waals surface area contributed by atoms with Crippen LogP contribution in [0, 0.1) is 6.92 Å². The Labute approximate surface area is 165 Å². The van der Waals surface area contributed by atoms with Crippen molar-refractivity contribution in [2.24, 2.45) is 4.99 Å². The molecule has 2 rings (SSSR count). The number of nitrogens with one attached hydrogen (secondary N) is 2. The molecule has 24 heavy (non-hydrogen) atoms. The van der Waals surface area contributed by atoms with E-state index in [0.29, 0.717) is 6.54 Å². The first-order chi connectivity index (χ1) is 11.2. The van der Waals surface area contributed by atoms with E-state index >= 15 is 0 Å². The van der Waals surface area contributed by atoms with Crippen LogP contribution < -0.4 is 15.4 Å². The summed E-state index contributed by atoms with van der Waals surface area (Å²) < 4.78 is 5.38. The molecule has 0 unspecified atom stereocenters. The Morgan fingerprint density at radius 1 is 1.29 bits per heavy atom. The molecule has 1 aromatic heterocycles. The highest BCUT2D eigenvalue weighted by Crippen LogP contribution is 2.17. The van der Waals surface area contributed by atoms with E-state index in [4.69, 9.17) is 4.74 Å². The van der Waals surface area contributed by atoms with E-state index in [2.05, 4.69) is 33.6 Å². The second-order valence-electron chi connectivity index (χ2n) is 5.03. The number of para-hydroxylation sites is 1. The first-order valence-corrected chi connectivity index (χ1v) is 8.60. The zero-order valence-electron chi connectivity index (χ0n) is 14.3. The van der Waals surface area contributed by atoms with Gasteiger partial charge in [0.15, 0.2) is 5.96 Å². The highest BCUT2D eigenvalue weighted by Gasteiger charge is 2.03. The van der Waals surface area contributed by atoms with Gasteiger partial charge in [0.2, 0.25) is 0 Å². The number of benzene rings is 1. The van der Waals surface area contributed by atoms with E-state index in [1.807, 2.05) is 31.3 Å². The lowest BCUT2D eigenvalue weighted by molar-refractivity contribution is 0.409. The van der Waals surface area contributed by atoms with Crippen LogP contribution in [-0.2, 0) is 13.0 Å². The van der Waals surface area contributed by atoms with Gasteiger partial charge >= 0.3 is 0 Å². The molecule has 132 valence electrons. The Balaban J connectivity index is 0.00000288. The number of guanidine groups is 1. The predicted molar refractivity (Wildman–Crippen MR) is 112 cm³/mol. The highest BCUT2D eigenvalue weighted by atomic mass is 127. The van der Waals surface area contributed by atoms with Crippen LogP contribution in [0.25, 0.3) is 0 Å². The maximum atomic E-state index is 5.38. The Morgan fingerprint density at radius 2 is 2.08 bits per heavy atom. The van der Waals surface area contributed by atoms with Crippen molar-refractivity contribution in [3.05, 3.63) is 45.9 Å². The minimum absolute atomic E-state index is 0. The van der Waals surface area contributed by atoms with Gasteiger partial charge in [0.05, 0.1) is 18.7 Å². The molecule has 0 aliphatic heterocycles. The van der Waals surface area contributed by atoms with Gasteiger partial charge in [-0.3, -0.25) is 0 Å². The molecule has 2 aromatic rings. The quantitative estimate of drug-likeness (QED) is 0.378. The van der Waals surface area contributed by atoms with Gasteiger partial charge in [0.1, 0.15) is 5.75 Å². The number of aromatic nitrogens is 1. The molecular weight excluding hydrogens is 435 g/mol. The lowest BCUT2D eigenvalue weighted by atomic mass is 10.1. The first kappa shape index (κ1) is 20.7. The van der Waals surface area contributed by atoms with Crippen LogP contribution in [-0.4, -0.2) is 31.1 Å². The number of hydrogen-bond acceptors (Lipinski definition) is 4. The molecule has 2 N–H and O–H groups in total. The normalized spacial score (nSPS) is 10.9. The van der Waals surface area contributed by atoms with Gasteiger partial charge < -0.3 is 15.4 Å². The van der Waals surface area contributed by atoms with Crippen LogP contribution in [0.2, 0.25) is 0 Å². The maximum absolute atomic E-state index is 5.38. The molecule has 5 nitrogen and oxygen atoms in total. The lowest BCUT2D eigenvalue weighted by Gasteiger charge is -2.12. The molecule has 0 aliphatic rings. The molecule has 7 heteroatoms. The molecule has 0 bridgehead atoms. The van der Waals surface area contributed by atoms with Crippen molar-refractivity contribution in [3.63, 3.8) is 0 Å². The summed E-state index contributed by atoms with van der Waals surface area (Å²) in [5.41, 5.74) is 1.19. The van der Waals surface area contributed by atoms with Crippen molar-refractivity contribution in [2.45, 2.75) is 26.8 Å². The summed E-state index contributed by atoms with van der Waals surface area (Å²) in [6, 6.07) is 8.09. The van der Waals surface area contributed by atoms with Crippen LogP contribution >= 0.6 is 35.3 Å². The molecule has 0 radical (unpaired) electrons. The standard InChI is InChI=1S/C17H24N4OS.HI/c1-4-18-17(21-12-15-11-20-13(2)23-15)19-10-9-14-7-5-6-8-16(14)22-3;/h5-8,11H,4,9-10,12H2,1-3H3,(H2,18,19,21);1H. The number of rotatable bonds is 7. The molecule has 0 saturated carbocycles. The fraction of sp³-hybridized carbons (Fsp3) is 0.412. The summed E-state index contributed by atoms with van der Waals surface area (Å²) in [6.07, 6.45) is 2.77. The molecular formula is C17H25IN4OS. The van der Waals surface area contributed by atoms with Crippen molar-refractivity contribution in [1.29, 1.82) is 0 Å². The maximum Gasteiger partial charge on any atom is 0.191 e. The predicted octanol–water partition coefficient (Wildman–Crippen LogP) is 3.38. The van der Waals surface area contributed by atoms with Crippen molar-refractivity contribution < 1.29 is 4.74 Å².